The van der Waals surface area contributed by atoms with Crippen molar-refractivity contribution in [2.45, 2.75) is 24.5 Å². The molecule has 0 saturated heterocycles. The fraction of sp³-hybridized carbons (Fsp3) is 0.312. The number of amides is 1. The van der Waals surface area contributed by atoms with E-state index in [2.05, 4.69) is 11.6 Å². The number of anilines is 1. The molecule has 0 spiro atoms. The average molecular weight is 387 g/mol. The van der Waals surface area contributed by atoms with E-state index < -0.39 is 10.0 Å². The minimum atomic E-state index is -3.61. The van der Waals surface area contributed by atoms with E-state index in [1.165, 1.54) is 24.6 Å². The van der Waals surface area contributed by atoms with Crippen molar-refractivity contribution in [2.75, 3.05) is 18.0 Å². The molecule has 2 rings (SSSR count). The van der Waals surface area contributed by atoms with E-state index >= 15 is 0 Å². The molecule has 130 valence electrons. The number of carbonyl (C=O) groups excluding carboxylic acids is 1. The van der Waals surface area contributed by atoms with Crippen molar-refractivity contribution in [3.05, 3.63) is 46.3 Å². The maximum Gasteiger partial charge on any atom is 0.250 e. The van der Waals surface area contributed by atoms with Crippen LogP contribution in [-0.2, 0) is 21.2 Å². The van der Waals surface area contributed by atoms with Gasteiger partial charge in [0, 0.05) is 25.7 Å². The van der Waals surface area contributed by atoms with Crippen LogP contribution in [0.2, 0.25) is 4.34 Å². The highest BCUT2D eigenvalue weighted by Gasteiger charge is 2.18. The summed E-state index contributed by atoms with van der Waals surface area (Å²) in [7, 11) is -3.61. The number of hydrogen-bond acceptors (Lipinski definition) is 4. The Morgan fingerprint density at radius 3 is 2.38 bits per heavy atom. The van der Waals surface area contributed by atoms with Crippen LogP contribution in [0.15, 0.2) is 40.6 Å². The Morgan fingerprint density at radius 2 is 1.88 bits per heavy atom. The molecule has 0 aliphatic rings. The Labute approximate surface area is 151 Å². The van der Waals surface area contributed by atoms with Gasteiger partial charge in [-0.15, -0.1) is 11.3 Å². The van der Waals surface area contributed by atoms with Crippen LogP contribution in [0.1, 0.15) is 19.4 Å². The first-order valence-electron chi connectivity index (χ1n) is 7.45. The highest BCUT2D eigenvalue weighted by Crippen LogP contribution is 2.25. The summed E-state index contributed by atoms with van der Waals surface area (Å²) in [5.41, 5.74) is 1.93. The summed E-state index contributed by atoms with van der Waals surface area (Å²) in [6.45, 7) is 3.89. The Bertz CT molecular complexity index is 801. The van der Waals surface area contributed by atoms with E-state index in [0.717, 1.165) is 23.4 Å². The number of benzene rings is 1. The van der Waals surface area contributed by atoms with Gasteiger partial charge >= 0.3 is 0 Å². The summed E-state index contributed by atoms with van der Waals surface area (Å²) in [6, 6.07) is 10.7. The van der Waals surface area contributed by atoms with Gasteiger partial charge < -0.3 is 4.90 Å². The van der Waals surface area contributed by atoms with Gasteiger partial charge in [0.05, 0.1) is 4.34 Å². The number of aryl methyl sites for hydroxylation is 1. The lowest BCUT2D eigenvalue weighted by Crippen LogP contribution is -2.37. The van der Waals surface area contributed by atoms with Gasteiger partial charge in [-0.3, -0.25) is 4.79 Å². The van der Waals surface area contributed by atoms with Gasteiger partial charge in [-0.1, -0.05) is 30.7 Å². The number of thiophene rings is 1. The highest BCUT2D eigenvalue weighted by molar-refractivity contribution is 7.91. The molecule has 0 fully saturated rings. The third-order valence-electron chi connectivity index (χ3n) is 3.48. The zero-order valence-electron chi connectivity index (χ0n) is 13.5. The van der Waals surface area contributed by atoms with Gasteiger partial charge in [-0.05, 0) is 36.2 Å². The molecular formula is C16H19ClN2O3S2. The van der Waals surface area contributed by atoms with Gasteiger partial charge in [-0.25, -0.2) is 13.1 Å². The Balaban J connectivity index is 2.02. The minimum Gasteiger partial charge on any atom is -0.311 e. The topological polar surface area (TPSA) is 66.5 Å². The summed E-state index contributed by atoms with van der Waals surface area (Å²) in [4.78, 5) is 13.4. The molecule has 8 heteroatoms. The molecular weight excluding hydrogens is 368 g/mol. The zero-order valence-corrected chi connectivity index (χ0v) is 15.8. The number of rotatable bonds is 7. The van der Waals surface area contributed by atoms with Gasteiger partial charge in [0.1, 0.15) is 4.21 Å². The molecule has 1 heterocycles. The number of carbonyl (C=O) groups is 1. The second kappa shape index (κ2) is 8.11. The van der Waals surface area contributed by atoms with Crippen LogP contribution < -0.4 is 9.62 Å². The molecule has 0 bridgehead atoms. The molecule has 1 aromatic heterocycles. The molecule has 0 radical (unpaired) electrons. The lowest BCUT2D eigenvalue weighted by Gasteiger charge is -2.21. The van der Waals surface area contributed by atoms with Gasteiger partial charge in [-0.2, -0.15) is 0 Å². The first-order valence-corrected chi connectivity index (χ1v) is 10.1. The van der Waals surface area contributed by atoms with Crippen LogP contribution >= 0.6 is 22.9 Å². The SMILES string of the molecule is CCc1ccc(N(CCNS(=O)(=O)c2ccc(Cl)s2)C(C)=O)cc1. The average Bonchev–Trinajstić information content (AvgIpc) is 2.99. The van der Waals surface area contributed by atoms with Crippen molar-refractivity contribution in [1.82, 2.24) is 4.72 Å². The van der Waals surface area contributed by atoms with Crippen molar-refractivity contribution < 1.29 is 13.2 Å². The standard InChI is InChI=1S/C16H19ClN2O3S2/c1-3-13-4-6-14(7-5-13)19(12(2)20)11-10-18-24(21,22)16-9-8-15(17)23-16/h4-9,18H,3,10-11H2,1-2H3. The number of nitrogens with one attached hydrogen (secondary N) is 1. The summed E-state index contributed by atoms with van der Waals surface area (Å²) >= 11 is 6.77. The molecule has 0 unspecified atom stereocenters. The van der Waals surface area contributed by atoms with Crippen molar-refractivity contribution in [3.63, 3.8) is 0 Å². The van der Waals surface area contributed by atoms with Crippen LogP contribution in [0.4, 0.5) is 5.69 Å². The molecule has 5 nitrogen and oxygen atoms in total. The lowest BCUT2D eigenvalue weighted by atomic mass is 10.1. The van der Waals surface area contributed by atoms with E-state index in [9.17, 15) is 13.2 Å². The fourth-order valence-electron chi connectivity index (χ4n) is 2.19. The third kappa shape index (κ3) is 4.80. The van der Waals surface area contributed by atoms with E-state index in [1.54, 1.807) is 4.90 Å². The smallest absolute Gasteiger partial charge is 0.250 e. The molecule has 1 amide bonds. The van der Waals surface area contributed by atoms with Crippen molar-refractivity contribution in [1.29, 1.82) is 0 Å². The zero-order chi connectivity index (χ0) is 17.7. The van der Waals surface area contributed by atoms with Crippen LogP contribution in [0.3, 0.4) is 0 Å². The summed E-state index contributed by atoms with van der Waals surface area (Å²) in [6.07, 6.45) is 0.920. The molecule has 0 atom stereocenters. The fourth-order valence-corrected chi connectivity index (χ4v) is 4.73. The predicted octanol–water partition coefficient (Wildman–Crippen LogP) is 3.30. The van der Waals surface area contributed by atoms with Gasteiger partial charge in [0.15, 0.2) is 0 Å². The van der Waals surface area contributed by atoms with Crippen LogP contribution in [0, 0.1) is 0 Å². The first kappa shape index (κ1) is 18.9. The Morgan fingerprint density at radius 1 is 1.21 bits per heavy atom. The predicted molar refractivity (Wildman–Crippen MR) is 98.4 cm³/mol. The number of halogens is 1. The minimum absolute atomic E-state index is 0.118. The van der Waals surface area contributed by atoms with Gasteiger partial charge in [0.2, 0.25) is 15.9 Å². The van der Waals surface area contributed by atoms with Crippen LogP contribution in [-0.4, -0.2) is 27.4 Å². The second-order valence-electron chi connectivity index (χ2n) is 5.15. The molecule has 1 aromatic carbocycles. The molecule has 0 saturated carbocycles. The largest absolute Gasteiger partial charge is 0.311 e. The molecule has 0 aliphatic heterocycles. The first-order chi connectivity index (χ1) is 11.3. The van der Waals surface area contributed by atoms with Crippen molar-refractivity contribution >= 4 is 44.6 Å². The van der Waals surface area contributed by atoms with E-state index in [4.69, 9.17) is 11.6 Å². The Kier molecular flexibility index (Phi) is 6.40. The van der Waals surface area contributed by atoms with Crippen molar-refractivity contribution in [3.8, 4) is 0 Å². The number of hydrogen-bond donors (Lipinski definition) is 1. The van der Waals surface area contributed by atoms with Crippen molar-refractivity contribution in [2.24, 2.45) is 0 Å². The summed E-state index contributed by atoms with van der Waals surface area (Å²) in [5.74, 6) is -0.141. The normalized spacial score (nSPS) is 11.5. The van der Waals surface area contributed by atoms with Gasteiger partial charge in [0.25, 0.3) is 0 Å². The number of sulfonamides is 1. The molecule has 2 aromatic rings. The van der Waals surface area contributed by atoms with Crippen LogP contribution in [0.5, 0.6) is 0 Å². The lowest BCUT2D eigenvalue weighted by molar-refractivity contribution is -0.116. The molecule has 1 N–H and O–H groups in total. The molecule has 0 aliphatic carbocycles. The maximum atomic E-state index is 12.2. The molecule has 24 heavy (non-hydrogen) atoms. The Hall–Kier alpha value is -1.41. The summed E-state index contributed by atoms with van der Waals surface area (Å²) < 4.78 is 27.4. The quantitative estimate of drug-likeness (QED) is 0.793. The van der Waals surface area contributed by atoms with E-state index in [1.807, 2.05) is 24.3 Å². The number of nitrogens with zero attached hydrogens (tertiary/aromatic N) is 1. The summed E-state index contributed by atoms with van der Waals surface area (Å²) in [5, 5.41) is 0. The third-order valence-corrected chi connectivity index (χ3v) is 6.66. The van der Waals surface area contributed by atoms with E-state index in [0.29, 0.717) is 4.34 Å². The van der Waals surface area contributed by atoms with E-state index in [-0.39, 0.29) is 23.2 Å². The highest BCUT2D eigenvalue weighted by atomic mass is 35.5. The van der Waals surface area contributed by atoms with Crippen LogP contribution in [0.25, 0.3) is 0 Å². The monoisotopic (exact) mass is 386 g/mol. The second-order valence-corrected chi connectivity index (χ2v) is 8.86. The maximum absolute atomic E-state index is 12.2.